The SMILES string of the molecule is CCC(=O)NC[C@@H]1CN(CCOCCCC(C)C)CCO1. The van der Waals surface area contributed by atoms with E-state index in [1.54, 1.807) is 0 Å². The van der Waals surface area contributed by atoms with Crippen LogP contribution in [0.3, 0.4) is 0 Å². The van der Waals surface area contributed by atoms with Crippen molar-refractivity contribution in [3.8, 4) is 0 Å². The van der Waals surface area contributed by atoms with Gasteiger partial charge in [-0.05, 0) is 18.8 Å². The van der Waals surface area contributed by atoms with Crippen molar-refractivity contribution in [2.75, 3.05) is 46.0 Å². The monoisotopic (exact) mass is 300 g/mol. The van der Waals surface area contributed by atoms with Crippen molar-refractivity contribution in [2.24, 2.45) is 5.92 Å². The van der Waals surface area contributed by atoms with E-state index in [1.165, 1.54) is 6.42 Å². The molecule has 0 saturated carbocycles. The van der Waals surface area contributed by atoms with Gasteiger partial charge in [0.05, 0.1) is 19.3 Å². The fraction of sp³-hybridized carbons (Fsp3) is 0.938. The third-order valence-corrected chi connectivity index (χ3v) is 3.69. The van der Waals surface area contributed by atoms with Gasteiger partial charge in [0.2, 0.25) is 5.91 Å². The molecule has 0 unspecified atom stereocenters. The maximum Gasteiger partial charge on any atom is 0.219 e. The zero-order valence-corrected chi connectivity index (χ0v) is 13.9. The molecule has 1 heterocycles. The van der Waals surface area contributed by atoms with Gasteiger partial charge in [-0.3, -0.25) is 9.69 Å². The van der Waals surface area contributed by atoms with E-state index in [9.17, 15) is 4.79 Å². The van der Waals surface area contributed by atoms with Gasteiger partial charge >= 0.3 is 0 Å². The smallest absolute Gasteiger partial charge is 0.219 e. The molecule has 1 aliphatic rings. The van der Waals surface area contributed by atoms with Crippen LogP contribution in [0.4, 0.5) is 0 Å². The number of amides is 1. The van der Waals surface area contributed by atoms with E-state index < -0.39 is 0 Å². The van der Waals surface area contributed by atoms with Gasteiger partial charge in [-0.15, -0.1) is 0 Å². The number of nitrogens with one attached hydrogen (secondary N) is 1. The number of nitrogens with zero attached hydrogens (tertiary/aromatic N) is 1. The highest BCUT2D eigenvalue weighted by molar-refractivity contribution is 5.75. The lowest BCUT2D eigenvalue weighted by Gasteiger charge is -2.32. The van der Waals surface area contributed by atoms with Crippen molar-refractivity contribution in [1.82, 2.24) is 10.2 Å². The van der Waals surface area contributed by atoms with Crippen LogP contribution in [0.5, 0.6) is 0 Å². The van der Waals surface area contributed by atoms with Gasteiger partial charge < -0.3 is 14.8 Å². The van der Waals surface area contributed by atoms with Crippen molar-refractivity contribution in [3.05, 3.63) is 0 Å². The van der Waals surface area contributed by atoms with Crippen LogP contribution in [0.25, 0.3) is 0 Å². The molecule has 0 aromatic carbocycles. The minimum Gasteiger partial charge on any atom is -0.380 e. The number of rotatable bonds is 10. The van der Waals surface area contributed by atoms with Gasteiger partial charge in [-0.2, -0.15) is 0 Å². The Balaban J connectivity index is 2.05. The van der Waals surface area contributed by atoms with Crippen LogP contribution in [0.15, 0.2) is 0 Å². The third kappa shape index (κ3) is 9.06. The lowest BCUT2D eigenvalue weighted by atomic mass is 10.1. The van der Waals surface area contributed by atoms with E-state index in [4.69, 9.17) is 9.47 Å². The quantitative estimate of drug-likeness (QED) is 0.624. The molecular formula is C16H32N2O3. The summed E-state index contributed by atoms with van der Waals surface area (Å²) in [6.07, 6.45) is 3.01. The maximum atomic E-state index is 11.3. The van der Waals surface area contributed by atoms with Gasteiger partial charge in [-0.1, -0.05) is 20.8 Å². The largest absolute Gasteiger partial charge is 0.380 e. The maximum absolute atomic E-state index is 11.3. The van der Waals surface area contributed by atoms with Crippen LogP contribution < -0.4 is 5.32 Å². The average molecular weight is 300 g/mol. The van der Waals surface area contributed by atoms with Crippen molar-refractivity contribution >= 4 is 5.91 Å². The molecule has 124 valence electrons. The van der Waals surface area contributed by atoms with E-state index in [-0.39, 0.29) is 12.0 Å². The molecule has 0 spiro atoms. The van der Waals surface area contributed by atoms with Gasteiger partial charge in [0.1, 0.15) is 0 Å². The standard InChI is InChI=1S/C16H32N2O3/c1-4-16(19)17-12-15-13-18(8-11-21-15)7-10-20-9-5-6-14(2)3/h14-15H,4-13H2,1-3H3,(H,17,19)/t15-/m1/s1. The Morgan fingerprint density at radius 3 is 2.95 bits per heavy atom. The highest BCUT2D eigenvalue weighted by atomic mass is 16.5. The molecule has 0 aromatic rings. The molecule has 0 aromatic heterocycles. The summed E-state index contributed by atoms with van der Waals surface area (Å²) in [7, 11) is 0. The van der Waals surface area contributed by atoms with Crippen LogP contribution in [0.1, 0.15) is 40.0 Å². The Labute approximate surface area is 129 Å². The number of ether oxygens (including phenoxy) is 2. The van der Waals surface area contributed by atoms with E-state index in [0.717, 1.165) is 51.8 Å². The minimum atomic E-state index is 0.0872. The summed E-state index contributed by atoms with van der Waals surface area (Å²) in [5.74, 6) is 0.844. The molecule has 1 amide bonds. The predicted molar refractivity (Wildman–Crippen MR) is 84.4 cm³/mol. The highest BCUT2D eigenvalue weighted by Gasteiger charge is 2.20. The van der Waals surface area contributed by atoms with E-state index >= 15 is 0 Å². The molecule has 1 aliphatic heterocycles. The lowest BCUT2D eigenvalue weighted by molar-refractivity contribution is -0.122. The second kappa shape index (κ2) is 11.0. The molecule has 1 atom stereocenters. The van der Waals surface area contributed by atoms with Gasteiger partial charge in [0, 0.05) is 39.2 Å². The van der Waals surface area contributed by atoms with Crippen LogP contribution in [-0.2, 0) is 14.3 Å². The predicted octanol–water partition coefficient (Wildman–Crippen LogP) is 1.67. The Kier molecular flexibility index (Phi) is 9.63. The van der Waals surface area contributed by atoms with Gasteiger partial charge in [-0.25, -0.2) is 0 Å². The van der Waals surface area contributed by atoms with Crippen molar-refractivity contribution in [1.29, 1.82) is 0 Å². The summed E-state index contributed by atoms with van der Waals surface area (Å²) in [5.41, 5.74) is 0. The van der Waals surface area contributed by atoms with E-state index in [0.29, 0.717) is 13.0 Å². The Bertz CT molecular complexity index is 285. The Morgan fingerprint density at radius 1 is 1.43 bits per heavy atom. The Hall–Kier alpha value is -0.650. The number of hydrogen-bond acceptors (Lipinski definition) is 4. The molecule has 21 heavy (non-hydrogen) atoms. The summed E-state index contributed by atoms with van der Waals surface area (Å²) >= 11 is 0. The lowest BCUT2D eigenvalue weighted by Crippen LogP contribution is -2.48. The van der Waals surface area contributed by atoms with Crippen molar-refractivity contribution in [2.45, 2.75) is 46.1 Å². The zero-order chi connectivity index (χ0) is 15.5. The topological polar surface area (TPSA) is 50.8 Å². The number of carbonyl (C=O) groups excluding carboxylic acids is 1. The summed E-state index contributed by atoms with van der Waals surface area (Å²) in [6, 6.07) is 0. The second-order valence-electron chi connectivity index (χ2n) is 6.10. The molecule has 5 heteroatoms. The first-order chi connectivity index (χ1) is 10.1. The first-order valence-electron chi connectivity index (χ1n) is 8.30. The summed E-state index contributed by atoms with van der Waals surface area (Å²) < 4.78 is 11.4. The highest BCUT2D eigenvalue weighted by Crippen LogP contribution is 2.05. The third-order valence-electron chi connectivity index (χ3n) is 3.69. The fourth-order valence-electron chi connectivity index (χ4n) is 2.35. The summed E-state index contributed by atoms with van der Waals surface area (Å²) in [4.78, 5) is 13.6. The van der Waals surface area contributed by atoms with Crippen molar-refractivity contribution in [3.63, 3.8) is 0 Å². The van der Waals surface area contributed by atoms with Gasteiger partial charge in [0.15, 0.2) is 0 Å². The Morgan fingerprint density at radius 2 is 2.24 bits per heavy atom. The number of morpholine rings is 1. The molecule has 0 radical (unpaired) electrons. The van der Waals surface area contributed by atoms with E-state index in [2.05, 4.69) is 24.1 Å². The van der Waals surface area contributed by atoms with Gasteiger partial charge in [0.25, 0.3) is 0 Å². The molecule has 5 nitrogen and oxygen atoms in total. The molecule has 1 N–H and O–H groups in total. The minimum absolute atomic E-state index is 0.0872. The average Bonchev–Trinajstić information content (AvgIpc) is 2.48. The van der Waals surface area contributed by atoms with Crippen LogP contribution in [0.2, 0.25) is 0 Å². The fourth-order valence-corrected chi connectivity index (χ4v) is 2.35. The zero-order valence-electron chi connectivity index (χ0n) is 13.9. The molecular weight excluding hydrogens is 268 g/mol. The summed E-state index contributed by atoms with van der Waals surface area (Å²) in [6.45, 7) is 12.1. The molecule has 1 fully saturated rings. The van der Waals surface area contributed by atoms with Crippen molar-refractivity contribution < 1.29 is 14.3 Å². The van der Waals surface area contributed by atoms with Crippen LogP contribution in [-0.4, -0.2) is 62.9 Å². The second-order valence-corrected chi connectivity index (χ2v) is 6.10. The molecule has 1 rings (SSSR count). The normalized spacial score (nSPS) is 19.9. The molecule has 0 aliphatic carbocycles. The van der Waals surface area contributed by atoms with E-state index in [1.807, 2.05) is 6.92 Å². The van der Waals surface area contributed by atoms with Crippen LogP contribution >= 0.6 is 0 Å². The molecule has 0 bridgehead atoms. The first kappa shape index (κ1) is 18.4. The molecule has 1 saturated heterocycles. The summed E-state index contributed by atoms with van der Waals surface area (Å²) in [5, 5.41) is 2.90. The number of hydrogen-bond donors (Lipinski definition) is 1. The first-order valence-corrected chi connectivity index (χ1v) is 8.30. The number of carbonyl (C=O) groups is 1. The van der Waals surface area contributed by atoms with Crippen LogP contribution in [0, 0.1) is 5.92 Å².